The Balaban J connectivity index is 2.23. The SMILES string of the molecule is C#CCn1c(=NC(=O)c2ccnn2C)sc2cccc(F)c21. The molecule has 0 N–H and O–H groups in total. The molecule has 0 unspecified atom stereocenters. The van der Waals surface area contributed by atoms with Crippen LogP contribution < -0.4 is 4.80 Å². The van der Waals surface area contributed by atoms with Crippen molar-refractivity contribution in [1.82, 2.24) is 14.3 Å². The van der Waals surface area contributed by atoms with Crippen molar-refractivity contribution in [3.05, 3.63) is 46.8 Å². The Labute approximate surface area is 129 Å². The second-order valence-electron chi connectivity index (χ2n) is 4.52. The van der Waals surface area contributed by atoms with Crippen LogP contribution in [-0.4, -0.2) is 20.3 Å². The summed E-state index contributed by atoms with van der Waals surface area (Å²) in [4.78, 5) is 16.7. The third-order valence-corrected chi connectivity index (χ3v) is 4.18. The Morgan fingerprint density at radius 2 is 2.32 bits per heavy atom. The van der Waals surface area contributed by atoms with E-state index in [1.54, 1.807) is 25.2 Å². The highest BCUT2D eigenvalue weighted by molar-refractivity contribution is 7.16. The van der Waals surface area contributed by atoms with Gasteiger partial charge in [0.2, 0.25) is 0 Å². The van der Waals surface area contributed by atoms with E-state index < -0.39 is 11.7 Å². The summed E-state index contributed by atoms with van der Waals surface area (Å²) < 4.78 is 17.7. The zero-order chi connectivity index (χ0) is 15.7. The van der Waals surface area contributed by atoms with Crippen LogP contribution in [0.5, 0.6) is 0 Å². The second-order valence-corrected chi connectivity index (χ2v) is 5.53. The number of rotatable bonds is 2. The molecule has 0 aliphatic heterocycles. The Morgan fingerprint density at radius 1 is 1.50 bits per heavy atom. The highest BCUT2D eigenvalue weighted by Gasteiger charge is 2.13. The molecule has 1 aromatic carbocycles. The van der Waals surface area contributed by atoms with Crippen molar-refractivity contribution in [3.63, 3.8) is 0 Å². The lowest BCUT2D eigenvalue weighted by molar-refractivity contribution is 0.0989. The molecule has 0 spiro atoms. The molecule has 5 nitrogen and oxygen atoms in total. The summed E-state index contributed by atoms with van der Waals surface area (Å²) in [6.45, 7) is 0.137. The Morgan fingerprint density at radius 3 is 3.00 bits per heavy atom. The molecule has 2 aromatic heterocycles. The molecular formula is C15H11FN4OS. The van der Waals surface area contributed by atoms with Gasteiger partial charge in [0.15, 0.2) is 4.80 Å². The summed E-state index contributed by atoms with van der Waals surface area (Å²) >= 11 is 1.22. The standard InChI is InChI=1S/C15H11FN4OS/c1-3-9-20-13-10(16)5-4-6-12(13)22-15(20)18-14(21)11-7-8-17-19(11)2/h1,4-8H,9H2,2H3. The number of benzene rings is 1. The van der Waals surface area contributed by atoms with E-state index in [-0.39, 0.29) is 6.54 Å². The maximum Gasteiger partial charge on any atom is 0.297 e. The van der Waals surface area contributed by atoms with Crippen LogP contribution in [0, 0.1) is 18.2 Å². The van der Waals surface area contributed by atoms with Gasteiger partial charge in [-0.1, -0.05) is 23.3 Å². The quantitative estimate of drug-likeness (QED) is 0.679. The number of aromatic nitrogens is 3. The van der Waals surface area contributed by atoms with Crippen molar-refractivity contribution < 1.29 is 9.18 Å². The molecule has 0 fully saturated rings. The molecule has 22 heavy (non-hydrogen) atoms. The summed E-state index contributed by atoms with van der Waals surface area (Å²) in [6, 6.07) is 6.31. The number of hydrogen-bond donors (Lipinski definition) is 0. The minimum atomic E-state index is -0.447. The minimum absolute atomic E-state index is 0.137. The van der Waals surface area contributed by atoms with E-state index in [1.165, 1.54) is 32.8 Å². The molecule has 2 heterocycles. The average molecular weight is 314 g/mol. The van der Waals surface area contributed by atoms with Gasteiger partial charge in [-0.25, -0.2) is 4.39 Å². The fourth-order valence-corrected chi connectivity index (χ4v) is 3.18. The predicted octanol–water partition coefficient (Wildman–Crippen LogP) is 1.95. The normalized spacial score (nSPS) is 11.8. The maximum absolute atomic E-state index is 14.0. The van der Waals surface area contributed by atoms with Crippen LogP contribution in [0.4, 0.5) is 4.39 Å². The zero-order valence-electron chi connectivity index (χ0n) is 11.7. The monoisotopic (exact) mass is 314 g/mol. The average Bonchev–Trinajstić information content (AvgIpc) is 3.05. The molecular weight excluding hydrogens is 303 g/mol. The maximum atomic E-state index is 14.0. The molecule has 0 atom stereocenters. The van der Waals surface area contributed by atoms with Crippen LogP contribution >= 0.6 is 11.3 Å². The molecule has 0 aliphatic carbocycles. The van der Waals surface area contributed by atoms with E-state index in [9.17, 15) is 9.18 Å². The van der Waals surface area contributed by atoms with Gasteiger partial charge >= 0.3 is 0 Å². The first-order valence-electron chi connectivity index (χ1n) is 6.40. The Bertz CT molecular complexity index is 973. The van der Waals surface area contributed by atoms with Crippen molar-refractivity contribution in [3.8, 4) is 12.3 Å². The number of hydrogen-bond acceptors (Lipinski definition) is 3. The van der Waals surface area contributed by atoms with E-state index in [4.69, 9.17) is 6.42 Å². The highest BCUT2D eigenvalue weighted by atomic mass is 32.1. The van der Waals surface area contributed by atoms with Gasteiger partial charge in [0.25, 0.3) is 5.91 Å². The number of fused-ring (bicyclic) bond motifs is 1. The van der Waals surface area contributed by atoms with Gasteiger partial charge in [0.1, 0.15) is 11.5 Å². The molecule has 7 heteroatoms. The van der Waals surface area contributed by atoms with Crippen LogP contribution in [0.2, 0.25) is 0 Å². The molecule has 3 rings (SSSR count). The first-order chi connectivity index (χ1) is 10.6. The molecule has 1 amide bonds. The number of terminal acetylenes is 1. The third-order valence-electron chi connectivity index (χ3n) is 3.14. The van der Waals surface area contributed by atoms with Gasteiger partial charge in [-0.15, -0.1) is 6.42 Å². The lowest BCUT2D eigenvalue weighted by atomic mass is 10.3. The Hall–Kier alpha value is -2.72. The van der Waals surface area contributed by atoms with Gasteiger partial charge in [-0.3, -0.25) is 9.48 Å². The summed E-state index contributed by atoms with van der Waals surface area (Å²) in [5.74, 6) is 1.63. The first-order valence-corrected chi connectivity index (χ1v) is 7.22. The number of carbonyl (C=O) groups excluding carboxylic acids is 1. The minimum Gasteiger partial charge on any atom is -0.302 e. The van der Waals surface area contributed by atoms with Crippen molar-refractivity contribution in [2.75, 3.05) is 0 Å². The smallest absolute Gasteiger partial charge is 0.297 e. The molecule has 0 saturated heterocycles. The summed E-state index contributed by atoms with van der Waals surface area (Å²) in [6.07, 6.45) is 6.87. The van der Waals surface area contributed by atoms with Gasteiger partial charge in [0, 0.05) is 13.2 Å². The van der Waals surface area contributed by atoms with Crippen molar-refractivity contribution in [2.24, 2.45) is 12.0 Å². The molecule has 110 valence electrons. The predicted molar refractivity (Wildman–Crippen MR) is 81.7 cm³/mol. The van der Waals surface area contributed by atoms with Gasteiger partial charge in [-0.05, 0) is 18.2 Å². The van der Waals surface area contributed by atoms with E-state index in [1.807, 2.05) is 0 Å². The summed E-state index contributed by atoms with van der Waals surface area (Å²) in [7, 11) is 1.66. The van der Waals surface area contributed by atoms with E-state index >= 15 is 0 Å². The molecule has 0 radical (unpaired) electrons. The molecule has 0 bridgehead atoms. The number of thiazole rings is 1. The number of aryl methyl sites for hydroxylation is 1. The van der Waals surface area contributed by atoms with Crippen molar-refractivity contribution in [1.29, 1.82) is 0 Å². The largest absolute Gasteiger partial charge is 0.302 e. The van der Waals surface area contributed by atoms with Gasteiger partial charge < -0.3 is 4.57 Å². The van der Waals surface area contributed by atoms with E-state index in [2.05, 4.69) is 16.0 Å². The number of halogens is 1. The lowest BCUT2D eigenvalue weighted by Crippen LogP contribution is -2.18. The number of amides is 1. The van der Waals surface area contributed by atoms with Gasteiger partial charge in [-0.2, -0.15) is 10.1 Å². The van der Waals surface area contributed by atoms with Crippen LogP contribution in [0.1, 0.15) is 10.5 Å². The zero-order valence-corrected chi connectivity index (χ0v) is 12.5. The van der Waals surface area contributed by atoms with Crippen LogP contribution in [0.3, 0.4) is 0 Å². The van der Waals surface area contributed by atoms with Crippen LogP contribution in [0.15, 0.2) is 35.5 Å². The van der Waals surface area contributed by atoms with Gasteiger partial charge in [0.05, 0.1) is 16.8 Å². The Kier molecular flexibility index (Phi) is 3.61. The van der Waals surface area contributed by atoms with E-state index in [0.29, 0.717) is 20.7 Å². The molecule has 0 saturated carbocycles. The lowest BCUT2D eigenvalue weighted by Gasteiger charge is -2.00. The fraction of sp³-hybridized carbons (Fsp3) is 0.133. The highest BCUT2D eigenvalue weighted by Crippen LogP contribution is 2.20. The molecule has 0 aliphatic rings. The topological polar surface area (TPSA) is 52.2 Å². The fourth-order valence-electron chi connectivity index (χ4n) is 2.14. The van der Waals surface area contributed by atoms with Crippen LogP contribution in [0.25, 0.3) is 10.2 Å². The second kappa shape index (κ2) is 5.58. The molecule has 3 aromatic rings. The summed E-state index contributed by atoms with van der Waals surface area (Å²) in [5, 5.41) is 3.94. The van der Waals surface area contributed by atoms with Crippen molar-refractivity contribution >= 4 is 27.5 Å². The van der Waals surface area contributed by atoms with Crippen LogP contribution in [-0.2, 0) is 13.6 Å². The number of nitrogens with zero attached hydrogens (tertiary/aromatic N) is 4. The van der Waals surface area contributed by atoms with Crippen molar-refractivity contribution in [2.45, 2.75) is 6.54 Å². The third kappa shape index (κ3) is 2.34. The van der Waals surface area contributed by atoms with E-state index in [0.717, 1.165) is 0 Å². The summed E-state index contributed by atoms with van der Waals surface area (Å²) in [5.41, 5.74) is 0.715. The number of para-hydroxylation sites is 1. The first kappa shape index (κ1) is 14.2. The number of carbonyl (C=O) groups is 1.